The Hall–Kier alpha value is -1.34. The number of carbonyl (C=O) groups is 2. The number of nitrogens with zero attached hydrogens (tertiary/aromatic N) is 3. The summed E-state index contributed by atoms with van der Waals surface area (Å²) in [6.45, 7) is 2.57. The van der Waals surface area contributed by atoms with Gasteiger partial charge in [-0.25, -0.2) is 9.78 Å². The Labute approximate surface area is 144 Å². The molecule has 0 aromatic carbocycles. The van der Waals surface area contributed by atoms with Crippen LogP contribution < -0.4 is 4.90 Å². The summed E-state index contributed by atoms with van der Waals surface area (Å²) in [5, 5.41) is 0.738. The minimum Gasteiger partial charge on any atom is -0.465 e. The van der Waals surface area contributed by atoms with E-state index >= 15 is 0 Å². The molecule has 1 amide bonds. The van der Waals surface area contributed by atoms with Crippen molar-refractivity contribution >= 4 is 39.9 Å². The summed E-state index contributed by atoms with van der Waals surface area (Å²) in [6.07, 6.45) is 5.04. The van der Waals surface area contributed by atoms with Crippen LogP contribution in [0.4, 0.5) is 5.13 Å². The number of carbonyl (C=O) groups excluding carboxylic acids is 2. The van der Waals surface area contributed by atoms with Crippen LogP contribution in [0, 0.1) is 5.92 Å². The zero-order valence-electron chi connectivity index (χ0n) is 13.1. The van der Waals surface area contributed by atoms with Crippen molar-refractivity contribution < 1.29 is 14.3 Å². The first kappa shape index (κ1) is 16.5. The third kappa shape index (κ3) is 3.61. The fourth-order valence-corrected chi connectivity index (χ4v) is 4.44. The van der Waals surface area contributed by atoms with Gasteiger partial charge in [-0.15, -0.1) is 0 Å². The Kier molecular flexibility index (Phi) is 5.06. The second-order valence-corrected chi connectivity index (χ2v) is 7.36. The average Bonchev–Trinajstić information content (AvgIpc) is 3.18. The predicted molar refractivity (Wildman–Crippen MR) is 89.2 cm³/mol. The highest BCUT2D eigenvalue weighted by Crippen LogP contribution is 2.31. The maximum absolute atomic E-state index is 12.4. The summed E-state index contributed by atoms with van der Waals surface area (Å²) < 4.78 is 4.68. The molecule has 0 bridgehead atoms. The standard InChI is InChI=1S/C15H20ClN3O3S/c1-22-14(21)12-13(16)17-15(23-12)19-7-6-18(11(20)9-19)8-10-4-2-3-5-10/h10H,2-9H2,1H3. The maximum Gasteiger partial charge on any atom is 0.351 e. The van der Waals surface area contributed by atoms with E-state index in [0.717, 1.165) is 6.54 Å². The van der Waals surface area contributed by atoms with Gasteiger partial charge in [-0.1, -0.05) is 35.8 Å². The van der Waals surface area contributed by atoms with Crippen LogP contribution in [0.25, 0.3) is 0 Å². The maximum atomic E-state index is 12.4. The SMILES string of the molecule is COC(=O)c1sc(N2CCN(CC3CCCC3)C(=O)C2)nc1Cl. The fourth-order valence-electron chi connectivity index (χ4n) is 3.21. The van der Waals surface area contributed by atoms with E-state index in [1.807, 2.05) is 9.80 Å². The van der Waals surface area contributed by atoms with Crippen molar-refractivity contribution in [3.63, 3.8) is 0 Å². The molecule has 0 atom stereocenters. The lowest BCUT2D eigenvalue weighted by Crippen LogP contribution is -2.51. The Bertz CT molecular complexity index is 601. The average molecular weight is 358 g/mol. The molecule has 8 heteroatoms. The van der Waals surface area contributed by atoms with Crippen LogP contribution >= 0.6 is 22.9 Å². The molecule has 0 N–H and O–H groups in total. The third-order valence-corrected chi connectivity index (χ3v) is 5.97. The van der Waals surface area contributed by atoms with Gasteiger partial charge < -0.3 is 14.5 Å². The molecule has 3 rings (SSSR count). The number of esters is 1. The number of thiazole rings is 1. The molecule has 1 aromatic rings. The summed E-state index contributed by atoms with van der Waals surface area (Å²) in [5.41, 5.74) is 0. The number of methoxy groups -OCH3 is 1. The Morgan fingerprint density at radius 3 is 2.78 bits per heavy atom. The molecule has 2 heterocycles. The molecule has 2 fully saturated rings. The molecule has 1 saturated carbocycles. The smallest absolute Gasteiger partial charge is 0.351 e. The summed E-state index contributed by atoms with van der Waals surface area (Å²) in [6, 6.07) is 0. The molecule has 1 aromatic heterocycles. The van der Waals surface area contributed by atoms with E-state index in [1.54, 1.807) is 0 Å². The largest absolute Gasteiger partial charge is 0.465 e. The molecule has 23 heavy (non-hydrogen) atoms. The van der Waals surface area contributed by atoms with E-state index in [9.17, 15) is 9.59 Å². The van der Waals surface area contributed by atoms with E-state index < -0.39 is 5.97 Å². The van der Waals surface area contributed by atoms with E-state index in [1.165, 1.54) is 44.1 Å². The minimum absolute atomic E-state index is 0.120. The lowest BCUT2D eigenvalue weighted by atomic mass is 10.1. The van der Waals surface area contributed by atoms with Gasteiger partial charge in [0.15, 0.2) is 15.2 Å². The molecule has 6 nitrogen and oxygen atoms in total. The summed E-state index contributed by atoms with van der Waals surface area (Å²) in [4.78, 5) is 32.3. The molecule has 1 aliphatic carbocycles. The van der Waals surface area contributed by atoms with E-state index in [-0.39, 0.29) is 22.5 Å². The van der Waals surface area contributed by atoms with Crippen LogP contribution in [-0.4, -0.2) is 55.0 Å². The number of ether oxygens (including phenoxy) is 1. The van der Waals surface area contributed by atoms with Crippen LogP contribution in [0.3, 0.4) is 0 Å². The third-order valence-electron chi connectivity index (χ3n) is 4.49. The monoisotopic (exact) mass is 357 g/mol. The summed E-state index contributed by atoms with van der Waals surface area (Å²) >= 11 is 7.17. The lowest BCUT2D eigenvalue weighted by Gasteiger charge is -2.35. The van der Waals surface area contributed by atoms with Crippen molar-refractivity contribution in [3.8, 4) is 0 Å². The van der Waals surface area contributed by atoms with E-state index in [4.69, 9.17) is 11.6 Å². The van der Waals surface area contributed by atoms with Gasteiger partial charge in [-0.3, -0.25) is 4.79 Å². The van der Waals surface area contributed by atoms with Crippen molar-refractivity contribution in [3.05, 3.63) is 10.0 Å². The topological polar surface area (TPSA) is 62.7 Å². The fraction of sp³-hybridized carbons (Fsp3) is 0.667. The van der Waals surface area contributed by atoms with Gasteiger partial charge in [-0.05, 0) is 18.8 Å². The molecule has 0 radical (unpaired) electrons. The first-order valence-corrected chi connectivity index (χ1v) is 9.05. The van der Waals surface area contributed by atoms with Crippen LogP contribution in [-0.2, 0) is 9.53 Å². The highest BCUT2D eigenvalue weighted by Gasteiger charge is 2.29. The molecule has 0 unspecified atom stereocenters. The van der Waals surface area contributed by atoms with Crippen LogP contribution in [0.2, 0.25) is 5.15 Å². The Balaban J connectivity index is 1.63. The Morgan fingerprint density at radius 2 is 2.13 bits per heavy atom. The zero-order valence-corrected chi connectivity index (χ0v) is 14.7. The number of aromatic nitrogens is 1. The molecule has 1 saturated heterocycles. The number of hydrogen-bond donors (Lipinski definition) is 0. The van der Waals surface area contributed by atoms with Crippen molar-refractivity contribution in [2.75, 3.05) is 38.2 Å². The van der Waals surface area contributed by atoms with Gasteiger partial charge >= 0.3 is 5.97 Å². The van der Waals surface area contributed by atoms with Gasteiger partial charge in [0.1, 0.15) is 0 Å². The summed E-state index contributed by atoms with van der Waals surface area (Å²) in [7, 11) is 1.31. The predicted octanol–water partition coefficient (Wildman–Crippen LogP) is 2.42. The number of piperazine rings is 1. The zero-order chi connectivity index (χ0) is 16.4. The van der Waals surface area contributed by atoms with Crippen molar-refractivity contribution in [1.82, 2.24) is 9.88 Å². The number of anilines is 1. The van der Waals surface area contributed by atoms with Gasteiger partial charge in [0.05, 0.1) is 13.7 Å². The minimum atomic E-state index is -0.495. The molecule has 2 aliphatic rings. The van der Waals surface area contributed by atoms with Gasteiger partial charge in [-0.2, -0.15) is 0 Å². The van der Waals surface area contributed by atoms with Crippen molar-refractivity contribution in [1.29, 1.82) is 0 Å². The molecular formula is C15H20ClN3O3S. The van der Waals surface area contributed by atoms with Gasteiger partial charge in [0.25, 0.3) is 0 Å². The van der Waals surface area contributed by atoms with Crippen LogP contribution in [0.1, 0.15) is 35.4 Å². The van der Waals surface area contributed by atoms with Gasteiger partial charge in [0.2, 0.25) is 5.91 Å². The number of rotatable bonds is 4. The first-order valence-electron chi connectivity index (χ1n) is 7.86. The number of amides is 1. The molecule has 1 aliphatic heterocycles. The lowest BCUT2D eigenvalue weighted by molar-refractivity contribution is -0.131. The number of halogens is 1. The molecule has 126 valence electrons. The highest BCUT2D eigenvalue weighted by molar-refractivity contribution is 7.18. The molecular weight excluding hydrogens is 338 g/mol. The Morgan fingerprint density at radius 1 is 1.39 bits per heavy atom. The van der Waals surface area contributed by atoms with E-state index in [0.29, 0.717) is 24.1 Å². The van der Waals surface area contributed by atoms with Crippen LogP contribution in [0.5, 0.6) is 0 Å². The van der Waals surface area contributed by atoms with E-state index in [2.05, 4.69) is 9.72 Å². The second-order valence-electron chi connectivity index (χ2n) is 6.02. The number of hydrogen-bond acceptors (Lipinski definition) is 6. The first-order chi connectivity index (χ1) is 11.1. The van der Waals surface area contributed by atoms with Crippen molar-refractivity contribution in [2.45, 2.75) is 25.7 Å². The van der Waals surface area contributed by atoms with Crippen LogP contribution in [0.15, 0.2) is 0 Å². The quantitative estimate of drug-likeness (QED) is 0.774. The second kappa shape index (κ2) is 7.05. The van der Waals surface area contributed by atoms with Crippen molar-refractivity contribution in [2.24, 2.45) is 5.92 Å². The van der Waals surface area contributed by atoms with Gasteiger partial charge in [0, 0.05) is 19.6 Å². The summed E-state index contributed by atoms with van der Waals surface area (Å²) in [5.74, 6) is 0.282. The molecule has 0 spiro atoms. The highest BCUT2D eigenvalue weighted by atomic mass is 35.5. The normalized spacial score (nSPS) is 19.5.